The summed E-state index contributed by atoms with van der Waals surface area (Å²) in [6, 6.07) is 6.21. The zero-order chi connectivity index (χ0) is 17.6. The molecule has 1 aliphatic heterocycles. The minimum atomic E-state index is -3.83. The normalized spacial score (nSPS) is 30.6. The van der Waals surface area contributed by atoms with Gasteiger partial charge in [0, 0.05) is 38.3 Å². The lowest BCUT2D eigenvalue weighted by Gasteiger charge is -2.40. The van der Waals surface area contributed by atoms with E-state index in [1.54, 1.807) is 0 Å². The van der Waals surface area contributed by atoms with Crippen LogP contribution >= 0.6 is 0 Å². The van der Waals surface area contributed by atoms with Crippen LogP contribution in [0.2, 0.25) is 0 Å². The minimum absolute atomic E-state index is 0.201. The fraction of sp³-hybridized carbons (Fsp3) is 0.647. The molecule has 0 aromatic heterocycles. The average Bonchev–Trinajstić information content (AvgIpc) is 3.25. The first-order valence-corrected chi connectivity index (χ1v) is 10.4. The topological polar surface area (TPSA) is 83.8 Å². The molecule has 2 aliphatic carbocycles. The van der Waals surface area contributed by atoms with Crippen LogP contribution in [0.15, 0.2) is 29.2 Å². The van der Waals surface area contributed by atoms with Gasteiger partial charge in [-0.3, -0.25) is 15.0 Å². The number of fused-ring (bicyclic) bond motifs is 2. The maximum atomic E-state index is 12.9. The number of benzene rings is 1. The van der Waals surface area contributed by atoms with E-state index in [-0.39, 0.29) is 10.6 Å². The van der Waals surface area contributed by atoms with E-state index in [2.05, 4.69) is 4.90 Å². The Morgan fingerprint density at radius 2 is 1.76 bits per heavy atom. The highest BCUT2D eigenvalue weighted by atomic mass is 32.2. The Balaban J connectivity index is 1.48. The summed E-state index contributed by atoms with van der Waals surface area (Å²) < 4.78 is 27.1. The van der Waals surface area contributed by atoms with E-state index in [1.807, 2.05) is 0 Å². The third-order valence-corrected chi connectivity index (χ3v) is 8.07. The van der Waals surface area contributed by atoms with E-state index in [4.69, 9.17) is 0 Å². The molecular weight excluding hydrogens is 342 g/mol. The minimum Gasteiger partial charge on any atom is -0.297 e. The fourth-order valence-electron chi connectivity index (χ4n) is 4.90. The monoisotopic (exact) mass is 365 g/mol. The number of hydrogen-bond acceptors (Lipinski definition) is 5. The highest BCUT2D eigenvalue weighted by Crippen LogP contribution is 2.46. The summed E-state index contributed by atoms with van der Waals surface area (Å²) in [5.74, 6) is 1.65. The number of nitro groups is 1. The van der Waals surface area contributed by atoms with E-state index in [0.717, 1.165) is 11.8 Å². The molecule has 1 heterocycles. The second-order valence-electron chi connectivity index (χ2n) is 7.41. The van der Waals surface area contributed by atoms with E-state index in [0.29, 0.717) is 32.2 Å². The van der Waals surface area contributed by atoms with Crippen LogP contribution in [0.4, 0.5) is 5.69 Å². The lowest BCUT2D eigenvalue weighted by Crippen LogP contribution is -2.53. The quantitative estimate of drug-likeness (QED) is 0.603. The lowest BCUT2D eigenvalue weighted by atomic mass is 9.93. The van der Waals surface area contributed by atoms with Gasteiger partial charge in [-0.2, -0.15) is 4.31 Å². The van der Waals surface area contributed by atoms with Crippen molar-refractivity contribution in [1.29, 1.82) is 0 Å². The summed E-state index contributed by atoms with van der Waals surface area (Å²) >= 11 is 0. The van der Waals surface area contributed by atoms with E-state index >= 15 is 0 Å². The van der Waals surface area contributed by atoms with Gasteiger partial charge >= 0.3 is 0 Å². The molecule has 25 heavy (non-hydrogen) atoms. The van der Waals surface area contributed by atoms with Crippen molar-refractivity contribution in [2.75, 3.05) is 26.2 Å². The number of rotatable bonds is 4. The van der Waals surface area contributed by atoms with Crippen molar-refractivity contribution in [2.45, 2.75) is 36.6 Å². The number of hydrogen-bond donors (Lipinski definition) is 0. The summed E-state index contributed by atoms with van der Waals surface area (Å²) in [4.78, 5) is 12.8. The molecule has 0 amide bonds. The summed E-state index contributed by atoms with van der Waals surface area (Å²) in [5, 5.41) is 11.2. The highest BCUT2D eigenvalue weighted by Gasteiger charge is 2.43. The molecule has 3 atom stereocenters. The number of para-hydroxylation sites is 1. The molecular formula is C17H23N3O4S. The SMILES string of the molecule is O=[N+]([O-])c1ccccc1S(=O)(=O)N1CCN([C@H]2C[C@@H]3CC[C@H]2C3)CC1. The van der Waals surface area contributed by atoms with E-state index in [1.165, 1.54) is 54.3 Å². The van der Waals surface area contributed by atoms with Gasteiger partial charge in [-0.1, -0.05) is 18.6 Å². The number of piperazine rings is 1. The standard InChI is InChI=1S/C17H23N3O4S/c21-20(22)15-3-1-2-4-17(15)25(23,24)19-9-7-18(8-10-19)16-12-13-5-6-14(16)11-13/h1-4,13-14,16H,5-12H2/t13-,14+,16+/m1/s1. The number of nitrogens with zero attached hydrogens (tertiary/aromatic N) is 3. The molecule has 4 rings (SSSR count). The van der Waals surface area contributed by atoms with Crippen LogP contribution in [0, 0.1) is 22.0 Å². The Labute approximate surface area is 147 Å². The van der Waals surface area contributed by atoms with Crippen molar-refractivity contribution >= 4 is 15.7 Å². The molecule has 1 aromatic carbocycles. The summed E-state index contributed by atoms with van der Waals surface area (Å²) in [6.45, 7) is 2.24. The Bertz CT molecular complexity index is 774. The zero-order valence-electron chi connectivity index (χ0n) is 14.1. The molecule has 2 saturated carbocycles. The van der Waals surface area contributed by atoms with Gasteiger partial charge in [0.25, 0.3) is 5.69 Å². The fourth-order valence-corrected chi connectivity index (χ4v) is 6.48. The molecule has 1 saturated heterocycles. The first kappa shape index (κ1) is 16.9. The third-order valence-electron chi connectivity index (χ3n) is 6.12. The maximum absolute atomic E-state index is 12.9. The molecule has 136 valence electrons. The smallest absolute Gasteiger partial charge is 0.289 e. The van der Waals surface area contributed by atoms with Crippen LogP contribution in [0.25, 0.3) is 0 Å². The van der Waals surface area contributed by atoms with Crippen molar-refractivity contribution in [3.05, 3.63) is 34.4 Å². The van der Waals surface area contributed by atoms with Gasteiger partial charge in [0.05, 0.1) is 4.92 Å². The zero-order valence-corrected chi connectivity index (χ0v) is 14.9. The van der Waals surface area contributed by atoms with Gasteiger partial charge in [0.2, 0.25) is 10.0 Å². The predicted octanol–water partition coefficient (Wildman–Crippen LogP) is 2.09. The number of sulfonamides is 1. The van der Waals surface area contributed by atoms with E-state index < -0.39 is 14.9 Å². The summed E-state index contributed by atoms with van der Waals surface area (Å²) in [7, 11) is -3.83. The lowest BCUT2D eigenvalue weighted by molar-refractivity contribution is -0.387. The van der Waals surface area contributed by atoms with Crippen LogP contribution in [0.1, 0.15) is 25.7 Å². The molecule has 3 aliphatic rings. The molecule has 0 unspecified atom stereocenters. The Morgan fingerprint density at radius 3 is 2.36 bits per heavy atom. The van der Waals surface area contributed by atoms with Gasteiger partial charge in [-0.15, -0.1) is 0 Å². The van der Waals surface area contributed by atoms with Gasteiger partial charge in [-0.25, -0.2) is 8.42 Å². The molecule has 0 radical (unpaired) electrons. The molecule has 0 spiro atoms. The van der Waals surface area contributed by atoms with Crippen molar-refractivity contribution in [3.8, 4) is 0 Å². The molecule has 0 N–H and O–H groups in total. The third kappa shape index (κ3) is 2.96. The molecule has 2 bridgehead atoms. The predicted molar refractivity (Wildman–Crippen MR) is 92.7 cm³/mol. The Kier molecular flexibility index (Phi) is 4.29. The second-order valence-corrected chi connectivity index (χ2v) is 9.31. The van der Waals surface area contributed by atoms with Gasteiger partial charge in [-0.05, 0) is 37.2 Å². The highest BCUT2D eigenvalue weighted by molar-refractivity contribution is 7.89. The Morgan fingerprint density at radius 1 is 1.04 bits per heavy atom. The maximum Gasteiger partial charge on any atom is 0.289 e. The van der Waals surface area contributed by atoms with Crippen molar-refractivity contribution in [1.82, 2.24) is 9.21 Å². The van der Waals surface area contributed by atoms with Crippen molar-refractivity contribution in [2.24, 2.45) is 11.8 Å². The van der Waals surface area contributed by atoms with Crippen molar-refractivity contribution in [3.63, 3.8) is 0 Å². The van der Waals surface area contributed by atoms with Crippen LogP contribution in [-0.4, -0.2) is 54.8 Å². The van der Waals surface area contributed by atoms with Gasteiger partial charge < -0.3 is 0 Å². The first-order chi connectivity index (χ1) is 12.0. The average molecular weight is 365 g/mol. The molecule has 7 nitrogen and oxygen atoms in total. The van der Waals surface area contributed by atoms with Crippen LogP contribution in [0.5, 0.6) is 0 Å². The second kappa shape index (κ2) is 6.34. The Hall–Kier alpha value is -1.51. The summed E-state index contributed by atoms with van der Waals surface area (Å²) in [6.07, 6.45) is 5.25. The molecule has 8 heteroatoms. The summed E-state index contributed by atoms with van der Waals surface area (Å²) in [5.41, 5.74) is -0.349. The molecule has 1 aromatic rings. The van der Waals surface area contributed by atoms with Gasteiger partial charge in [0.15, 0.2) is 4.90 Å². The first-order valence-electron chi connectivity index (χ1n) is 8.94. The van der Waals surface area contributed by atoms with E-state index in [9.17, 15) is 18.5 Å². The van der Waals surface area contributed by atoms with Crippen LogP contribution < -0.4 is 0 Å². The number of nitro benzene ring substituents is 1. The van der Waals surface area contributed by atoms with Crippen molar-refractivity contribution < 1.29 is 13.3 Å². The van der Waals surface area contributed by atoms with Crippen LogP contribution in [0.3, 0.4) is 0 Å². The van der Waals surface area contributed by atoms with Gasteiger partial charge in [0.1, 0.15) is 0 Å². The molecule has 3 fully saturated rings. The largest absolute Gasteiger partial charge is 0.297 e. The van der Waals surface area contributed by atoms with Crippen LogP contribution in [-0.2, 0) is 10.0 Å².